The first kappa shape index (κ1) is 25.8. The lowest BCUT2D eigenvalue weighted by Crippen LogP contribution is -2.33. The molecule has 1 aromatic carbocycles. The van der Waals surface area contributed by atoms with Gasteiger partial charge in [-0.15, -0.1) is 0 Å². The Morgan fingerprint density at radius 3 is 2.90 bits per heavy atom. The van der Waals surface area contributed by atoms with Gasteiger partial charge in [-0.1, -0.05) is 6.07 Å². The molecule has 6 rings (SSSR count). The van der Waals surface area contributed by atoms with E-state index in [9.17, 15) is 10.1 Å². The molecule has 5 heterocycles. The van der Waals surface area contributed by atoms with Crippen molar-refractivity contribution in [3.63, 3.8) is 0 Å². The van der Waals surface area contributed by atoms with Gasteiger partial charge in [0.1, 0.15) is 5.41 Å². The Labute approximate surface area is 232 Å². The van der Waals surface area contributed by atoms with E-state index in [1.165, 1.54) is 0 Å². The Morgan fingerprint density at radius 1 is 1.20 bits per heavy atom. The van der Waals surface area contributed by atoms with Crippen LogP contribution >= 0.6 is 0 Å². The number of hydrogen-bond acceptors (Lipinski definition) is 9. The Morgan fingerprint density at radius 2 is 2.08 bits per heavy atom. The number of nitrogens with zero attached hydrogens (tertiary/aromatic N) is 6. The summed E-state index contributed by atoms with van der Waals surface area (Å²) < 4.78 is 11.0. The maximum absolute atomic E-state index is 13.0. The lowest BCUT2D eigenvalue weighted by Gasteiger charge is -2.30. The number of pyridine rings is 2. The number of carbonyl (C=O) groups excluding carboxylic acids is 1. The second-order valence-corrected chi connectivity index (χ2v) is 10.4. The van der Waals surface area contributed by atoms with Gasteiger partial charge in [-0.2, -0.15) is 5.26 Å². The number of anilines is 1. The number of aromatic nitrogens is 4. The number of amides is 1. The van der Waals surface area contributed by atoms with Crippen molar-refractivity contribution in [2.24, 2.45) is 0 Å². The second-order valence-electron chi connectivity index (χ2n) is 10.4. The maximum atomic E-state index is 13.0. The number of ether oxygens (including phenoxy) is 2. The molecule has 0 radical (unpaired) electrons. The van der Waals surface area contributed by atoms with Gasteiger partial charge in [-0.25, -0.2) is 15.0 Å². The monoisotopic (exact) mass is 535 g/mol. The van der Waals surface area contributed by atoms with Gasteiger partial charge in [0, 0.05) is 43.5 Å². The minimum Gasteiger partial charge on any atom is -0.380 e. The number of nitriles is 1. The van der Waals surface area contributed by atoms with Crippen LogP contribution in [0.4, 0.5) is 5.95 Å². The van der Waals surface area contributed by atoms with Crippen LogP contribution in [0.2, 0.25) is 0 Å². The van der Waals surface area contributed by atoms with E-state index in [1.807, 2.05) is 37.3 Å². The number of rotatable bonds is 6. The van der Waals surface area contributed by atoms with Crippen molar-refractivity contribution in [1.82, 2.24) is 25.3 Å². The molecular weight excluding hydrogens is 506 g/mol. The number of fused-ring (bicyclic) bond motifs is 2. The molecule has 10 nitrogen and oxygen atoms in total. The number of benzene rings is 1. The molecule has 10 heteroatoms. The minimum atomic E-state index is -0.779. The van der Waals surface area contributed by atoms with Crippen molar-refractivity contribution in [2.45, 2.75) is 38.0 Å². The third kappa shape index (κ3) is 4.97. The highest BCUT2D eigenvalue weighted by Crippen LogP contribution is 2.32. The smallest absolute Gasteiger partial charge is 0.251 e. The van der Waals surface area contributed by atoms with E-state index in [2.05, 4.69) is 26.3 Å². The third-order valence-corrected chi connectivity index (χ3v) is 7.59. The van der Waals surface area contributed by atoms with Crippen LogP contribution in [-0.4, -0.2) is 58.8 Å². The summed E-state index contributed by atoms with van der Waals surface area (Å²) in [7, 11) is 1.73. The molecule has 4 aromatic rings. The molecule has 0 bridgehead atoms. The second kappa shape index (κ2) is 10.6. The van der Waals surface area contributed by atoms with Crippen LogP contribution in [0, 0.1) is 11.3 Å². The fraction of sp³-hybridized carbons (Fsp3) is 0.333. The molecule has 1 unspecified atom stereocenters. The summed E-state index contributed by atoms with van der Waals surface area (Å²) in [4.78, 5) is 33.7. The van der Waals surface area contributed by atoms with E-state index in [-0.39, 0.29) is 18.6 Å². The number of methoxy groups -OCH3 is 1. The number of nitrogens with one attached hydrogen (secondary N) is 1. The maximum Gasteiger partial charge on any atom is 0.251 e. The SMILES string of the molecule is COC1CCN(c2nccc(-c3ccc4cnc(CNC(=O)c5ccc6c(c5)[C@](C)(C#N)COC6)cc4n3)n2)C1. The first-order valence-electron chi connectivity index (χ1n) is 13.2. The van der Waals surface area contributed by atoms with Crippen LogP contribution in [0.5, 0.6) is 0 Å². The average Bonchev–Trinajstić information content (AvgIpc) is 3.49. The molecule has 3 aromatic heterocycles. The van der Waals surface area contributed by atoms with E-state index in [4.69, 9.17) is 19.4 Å². The van der Waals surface area contributed by atoms with Crippen molar-refractivity contribution < 1.29 is 14.3 Å². The Kier molecular flexibility index (Phi) is 6.84. The van der Waals surface area contributed by atoms with Crippen molar-refractivity contribution in [1.29, 1.82) is 5.26 Å². The van der Waals surface area contributed by atoms with Crippen LogP contribution in [0.25, 0.3) is 22.3 Å². The summed E-state index contributed by atoms with van der Waals surface area (Å²) in [6.45, 7) is 4.44. The molecule has 0 saturated carbocycles. The molecule has 0 spiro atoms. The van der Waals surface area contributed by atoms with Gasteiger partial charge in [0.2, 0.25) is 5.95 Å². The van der Waals surface area contributed by atoms with Crippen molar-refractivity contribution >= 4 is 22.8 Å². The molecule has 2 aliphatic heterocycles. The van der Waals surface area contributed by atoms with Crippen molar-refractivity contribution in [3.8, 4) is 17.5 Å². The van der Waals surface area contributed by atoms with Gasteiger partial charge >= 0.3 is 0 Å². The fourth-order valence-corrected chi connectivity index (χ4v) is 5.21. The molecule has 1 fully saturated rings. The van der Waals surface area contributed by atoms with Gasteiger partial charge < -0.3 is 19.7 Å². The first-order valence-corrected chi connectivity index (χ1v) is 13.2. The summed E-state index contributed by atoms with van der Waals surface area (Å²) in [5.41, 5.74) is 4.41. The van der Waals surface area contributed by atoms with Crippen LogP contribution in [0.15, 0.2) is 54.9 Å². The van der Waals surface area contributed by atoms with Gasteiger partial charge in [-0.3, -0.25) is 9.78 Å². The van der Waals surface area contributed by atoms with E-state index in [0.29, 0.717) is 30.4 Å². The number of hydrogen-bond donors (Lipinski definition) is 1. The molecule has 1 amide bonds. The Balaban J connectivity index is 1.19. The lowest BCUT2D eigenvalue weighted by molar-refractivity contribution is 0.0757. The highest BCUT2D eigenvalue weighted by Gasteiger charge is 2.33. The fourth-order valence-electron chi connectivity index (χ4n) is 5.21. The van der Waals surface area contributed by atoms with E-state index >= 15 is 0 Å². The minimum absolute atomic E-state index is 0.192. The first-order chi connectivity index (χ1) is 19.5. The average molecular weight is 536 g/mol. The molecule has 1 saturated heterocycles. The van der Waals surface area contributed by atoms with Gasteiger partial charge in [0.05, 0.1) is 54.5 Å². The predicted octanol–water partition coefficient (Wildman–Crippen LogP) is 3.55. The van der Waals surface area contributed by atoms with E-state index < -0.39 is 5.41 Å². The topological polar surface area (TPSA) is 126 Å². The number of carbonyl (C=O) groups is 1. The highest BCUT2D eigenvalue weighted by atomic mass is 16.5. The normalized spacial score (nSPS) is 20.2. The Bertz CT molecular complexity index is 1640. The molecule has 0 aliphatic carbocycles. The van der Waals surface area contributed by atoms with E-state index in [1.54, 1.807) is 31.6 Å². The summed E-state index contributed by atoms with van der Waals surface area (Å²) in [6, 6.07) is 15.4. The lowest BCUT2D eigenvalue weighted by atomic mass is 9.79. The van der Waals surface area contributed by atoms with E-state index in [0.717, 1.165) is 52.9 Å². The molecular formula is C30H29N7O3. The zero-order valence-electron chi connectivity index (χ0n) is 22.4. The highest BCUT2D eigenvalue weighted by molar-refractivity contribution is 5.94. The molecule has 2 aliphatic rings. The quantitative estimate of drug-likeness (QED) is 0.394. The van der Waals surface area contributed by atoms with Crippen molar-refractivity contribution in [2.75, 3.05) is 31.7 Å². The van der Waals surface area contributed by atoms with Crippen molar-refractivity contribution in [3.05, 3.63) is 77.2 Å². The summed E-state index contributed by atoms with van der Waals surface area (Å²) >= 11 is 0. The standard InChI is InChI=1S/C30H29N7O3/c1-30(17-31)18-40-16-21-4-3-19(11-24(21)30)28(38)34-14-22-12-27-20(13-33-22)5-6-25(35-27)26-7-9-32-29(36-26)37-10-8-23(15-37)39-2/h3-7,9,11-13,23H,8,10,14-16,18H2,1-2H3,(H,34,38)/t23?,30-/m1/s1. The van der Waals surface area contributed by atoms with Crippen LogP contribution in [0.1, 0.15) is 40.5 Å². The van der Waals surface area contributed by atoms with Gasteiger partial charge in [0.25, 0.3) is 5.91 Å². The summed E-state index contributed by atoms with van der Waals surface area (Å²) in [5.74, 6) is 0.436. The predicted molar refractivity (Wildman–Crippen MR) is 148 cm³/mol. The summed E-state index contributed by atoms with van der Waals surface area (Å²) in [6.07, 6.45) is 4.65. The van der Waals surface area contributed by atoms with Gasteiger partial charge in [-0.05, 0) is 60.9 Å². The van der Waals surface area contributed by atoms with Crippen LogP contribution in [0.3, 0.4) is 0 Å². The van der Waals surface area contributed by atoms with Crippen LogP contribution in [-0.2, 0) is 28.0 Å². The zero-order chi connectivity index (χ0) is 27.7. The largest absolute Gasteiger partial charge is 0.380 e. The molecule has 1 N–H and O–H groups in total. The molecule has 40 heavy (non-hydrogen) atoms. The van der Waals surface area contributed by atoms with Crippen LogP contribution < -0.4 is 10.2 Å². The zero-order valence-corrected chi connectivity index (χ0v) is 22.4. The third-order valence-electron chi connectivity index (χ3n) is 7.59. The summed E-state index contributed by atoms with van der Waals surface area (Å²) in [5, 5.41) is 13.5. The molecule has 2 atom stereocenters. The van der Waals surface area contributed by atoms with Gasteiger partial charge in [0.15, 0.2) is 0 Å². The Hall–Kier alpha value is -4.46. The molecule has 202 valence electrons.